The Morgan fingerprint density at radius 1 is 1.15 bits per heavy atom. The largest absolute Gasteiger partial charge is 0.345 e. The van der Waals surface area contributed by atoms with Crippen LogP contribution in [0.15, 0.2) is 0 Å². The number of hydrogen-bond acceptors (Lipinski definition) is 1. The van der Waals surface area contributed by atoms with Gasteiger partial charge in [-0.3, -0.25) is 4.79 Å². The van der Waals surface area contributed by atoms with Gasteiger partial charge in [-0.1, -0.05) is 26.2 Å². The van der Waals surface area contributed by atoms with Gasteiger partial charge in [0.05, 0.1) is 0 Å². The zero-order valence-electron chi connectivity index (χ0n) is 13.1. The zero-order chi connectivity index (χ0) is 14.5. The molecule has 2 fully saturated rings. The summed E-state index contributed by atoms with van der Waals surface area (Å²) in [5.41, 5.74) is 0. The minimum absolute atomic E-state index is 0.296. The lowest BCUT2D eigenvalue weighted by molar-refractivity contribution is -0.136. The summed E-state index contributed by atoms with van der Waals surface area (Å²) < 4.78 is 0. The van der Waals surface area contributed by atoms with Crippen molar-refractivity contribution in [1.82, 2.24) is 4.90 Å². The number of nitrogens with zero attached hydrogens (tertiary/aromatic N) is 1. The van der Waals surface area contributed by atoms with E-state index in [1.165, 1.54) is 32.1 Å². The van der Waals surface area contributed by atoms with Gasteiger partial charge in [-0.05, 0) is 50.4 Å². The normalized spacial score (nSPS) is 33.5. The van der Waals surface area contributed by atoms with Crippen LogP contribution in [0.1, 0.15) is 64.7 Å². The van der Waals surface area contributed by atoms with Crippen molar-refractivity contribution in [3.8, 4) is 0 Å². The van der Waals surface area contributed by atoms with Crippen LogP contribution in [0.4, 0.5) is 0 Å². The molecule has 116 valence electrons. The molecular formula is C17H30ClNO. The van der Waals surface area contributed by atoms with E-state index in [0.717, 1.165) is 38.1 Å². The molecule has 0 radical (unpaired) electrons. The molecular weight excluding hydrogens is 270 g/mol. The predicted molar refractivity (Wildman–Crippen MR) is 85.0 cm³/mol. The fourth-order valence-corrected chi connectivity index (χ4v) is 4.29. The van der Waals surface area contributed by atoms with Gasteiger partial charge in [-0.25, -0.2) is 0 Å². The lowest BCUT2D eigenvalue weighted by Gasteiger charge is -2.36. The highest BCUT2D eigenvalue weighted by Crippen LogP contribution is 2.35. The fourth-order valence-electron chi connectivity index (χ4n) is 3.78. The van der Waals surface area contributed by atoms with Crippen LogP contribution < -0.4 is 0 Å². The van der Waals surface area contributed by atoms with Crippen LogP contribution in [0.5, 0.6) is 0 Å². The molecule has 3 heteroatoms. The molecule has 2 saturated carbocycles. The summed E-state index contributed by atoms with van der Waals surface area (Å²) in [5, 5.41) is 0.359. The van der Waals surface area contributed by atoms with E-state index in [1.54, 1.807) is 0 Å². The van der Waals surface area contributed by atoms with Crippen molar-refractivity contribution in [1.29, 1.82) is 0 Å². The van der Waals surface area contributed by atoms with E-state index < -0.39 is 0 Å². The minimum atomic E-state index is 0.296. The molecule has 0 aromatic rings. The maximum absolute atomic E-state index is 12.5. The number of carbonyl (C=O) groups is 1. The molecule has 1 amide bonds. The molecule has 0 bridgehead atoms. The molecule has 0 spiro atoms. The smallest absolute Gasteiger partial charge is 0.225 e. The van der Waals surface area contributed by atoms with E-state index in [9.17, 15) is 4.79 Å². The minimum Gasteiger partial charge on any atom is -0.345 e. The van der Waals surface area contributed by atoms with E-state index in [1.807, 2.05) is 11.9 Å². The van der Waals surface area contributed by atoms with Gasteiger partial charge in [0.1, 0.15) is 0 Å². The van der Waals surface area contributed by atoms with Crippen molar-refractivity contribution >= 4 is 17.5 Å². The Morgan fingerprint density at radius 3 is 2.35 bits per heavy atom. The van der Waals surface area contributed by atoms with Crippen molar-refractivity contribution in [3.05, 3.63) is 0 Å². The average molecular weight is 300 g/mol. The van der Waals surface area contributed by atoms with Crippen molar-refractivity contribution < 1.29 is 4.79 Å². The molecule has 2 rings (SSSR count). The Balaban J connectivity index is 1.68. The summed E-state index contributed by atoms with van der Waals surface area (Å²) in [6.07, 6.45) is 10.9. The SMILES string of the molecule is CCCCC1CCC(C(=O)N(C)CC2CC(Cl)C2)CC1. The number of amides is 1. The van der Waals surface area contributed by atoms with Gasteiger partial charge in [0, 0.05) is 24.9 Å². The first-order valence-corrected chi connectivity index (χ1v) is 8.92. The first-order chi connectivity index (χ1) is 9.60. The second-order valence-electron chi connectivity index (χ2n) is 7.01. The first kappa shape index (κ1) is 16.1. The van der Waals surface area contributed by atoms with Crippen LogP contribution >= 0.6 is 11.6 Å². The molecule has 0 aromatic heterocycles. The van der Waals surface area contributed by atoms with Crippen LogP contribution in [-0.2, 0) is 4.79 Å². The van der Waals surface area contributed by atoms with Gasteiger partial charge in [0.25, 0.3) is 0 Å². The third kappa shape index (κ3) is 4.38. The maximum atomic E-state index is 12.5. The van der Waals surface area contributed by atoms with E-state index in [2.05, 4.69) is 6.92 Å². The Kier molecular flexibility index (Phi) is 6.20. The molecule has 2 aliphatic carbocycles. The first-order valence-electron chi connectivity index (χ1n) is 8.49. The number of alkyl halides is 1. The fraction of sp³-hybridized carbons (Fsp3) is 0.941. The molecule has 0 N–H and O–H groups in total. The molecule has 0 unspecified atom stereocenters. The highest BCUT2D eigenvalue weighted by Gasteiger charge is 2.32. The zero-order valence-corrected chi connectivity index (χ0v) is 13.9. The van der Waals surface area contributed by atoms with Crippen LogP contribution in [0, 0.1) is 17.8 Å². The van der Waals surface area contributed by atoms with E-state index in [0.29, 0.717) is 23.1 Å². The van der Waals surface area contributed by atoms with Crippen molar-refractivity contribution in [3.63, 3.8) is 0 Å². The third-order valence-electron chi connectivity index (χ3n) is 5.25. The molecule has 0 saturated heterocycles. The molecule has 0 atom stereocenters. The molecule has 20 heavy (non-hydrogen) atoms. The number of unbranched alkanes of at least 4 members (excludes halogenated alkanes) is 1. The van der Waals surface area contributed by atoms with Gasteiger partial charge in [0.15, 0.2) is 0 Å². The van der Waals surface area contributed by atoms with Crippen molar-refractivity contribution in [2.24, 2.45) is 17.8 Å². The van der Waals surface area contributed by atoms with E-state index in [4.69, 9.17) is 11.6 Å². The second-order valence-corrected chi connectivity index (χ2v) is 7.63. The van der Waals surface area contributed by atoms with E-state index >= 15 is 0 Å². The summed E-state index contributed by atoms with van der Waals surface area (Å²) in [5.74, 6) is 2.21. The molecule has 0 aliphatic heterocycles. The van der Waals surface area contributed by atoms with Crippen molar-refractivity contribution in [2.75, 3.05) is 13.6 Å². The molecule has 0 aromatic carbocycles. The van der Waals surface area contributed by atoms with Gasteiger partial charge >= 0.3 is 0 Å². The summed E-state index contributed by atoms with van der Waals surface area (Å²) in [7, 11) is 1.98. The Labute approximate surface area is 129 Å². The summed E-state index contributed by atoms with van der Waals surface area (Å²) in [6.45, 7) is 3.17. The van der Waals surface area contributed by atoms with Gasteiger partial charge < -0.3 is 4.90 Å². The molecule has 0 heterocycles. The monoisotopic (exact) mass is 299 g/mol. The van der Waals surface area contributed by atoms with Crippen LogP contribution in [0.2, 0.25) is 0 Å². The Hall–Kier alpha value is -0.240. The summed E-state index contributed by atoms with van der Waals surface area (Å²) in [4.78, 5) is 14.4. The summed E-state index contributed by atoms with van der Waals surface area (Å²) >= 11 is 6.01. The number of halogens is 1. The Morgan fingerprint density at radius 2 is 1.80 bits per heavy atom. The number of rotatable bonds is 6. The maximum Gasteiger partial charge on any atom is 0.225 e. The van der Waals surface area contributed by atoms with Crippen LogP contribution in [0.25, 0.3) is 0 Å². The standard InChI is InChI=1S/C17H30ClNO/c1-3-4-5-13-6-8-15(9-7-13)17(20)19(2)12-14-10-16(18)11-14/h13-16H,3-12H2,1-2H3. The number of hydrogen-bond donors (Lipinski definition) is 0. The topological polar surface area (TPSA) is 20.3 Å². The van der Waals surface area contributed by atoms with Gasteiger partial charge in [-0.2, -0.15) is 0 Å². The molecule has 2 aliphatic rings. The average Bonchev–Trinajstić information content (AvgIpc) is 2.43. The van der Waals surface area contributed by atoms with Gasteiger partial charge in [-0.15, -0.1) is 11.6 Å². The van der Waals surface area contributed by atoms with Crippen molar-refractivity contribution in [2.45, 2.75) is 70.1 Å². The molecule has 2 nitrogen and oxygen atoms in total. The van der Waals surface area contributed by atoms with Crippen LogP contribution in [-0.4, -0.2) is 29.8 Å². The number of carbonyl (C=O) groups excluding carboxylic acids is 1. The highest BCUT2D eigenvalue weighted by molar-refractivity contribution is 6.21. The van der Waals surface area contributed by atoms with E-state index in [-0.39, 0.29) is 0 Å². The lowest BCUT2D eigenvalue weighted by Crippen LogP contribution is -2.41. The highest BCUT2D eigenvalue weighted by atomic mass is 35.5. The summed E-state index contributed by atoms with van der Waals surface area (Å²) in [6, 6.07) is 0. The van der Waals surface area contributed by atoms with Gasteiger partial charge in [0.2, 0.25) is 5.91 Å². The third-order valence-corrected chi connectivity index (χ3v) is 5.60. The second kappa shape index (κ2) is 7.68. The lowest BCUT2D eigenvalue weighted by atomic mass is 9.79. The Bertz CT molecular complexity index is 306. The predicted octanol–water partition coefficient (Wildman–Crippen LogP) is 4.46. The quantitative estimate of drug-likeness (QED) is 0.663. The van der Waals surface area contributed by atoms with Crippen LogP contribution in [0.3, 0.4) is 0 Å².